The zero-order valence-electron chi connectivity index (χ0n) is 12.1. The number of halogens is 1. The molecule has 0 aliphatic carbocycles. The van der Waals surface area contributed by atoms with E-state index in [4.69, 9.17) is 0 Å². The van der Waals surface area contributed by atoms with Crippen LogP contribution in [0.3, 0.4) is 0 Å². The van der Waals surface area contributed by atoms with Gasteiger partial charge >= 0.3 is 0 Å². The topological polar surface area (TPSA) is 45.5 Å². The lowest BCUT2D eigenvalue weighted by molar-refractivity contribution is -0.133. The molecule has 1 saturated heterocycles. The molecule has 0 bridgehead atoms. The van der Waals surface area contributed by atoms with Gasteiger partial charge in [-0.3, -0.25) is 4.79 Å². The van der Waals surface area contributed by atoms with Gasteiger partial charge < -0.3 is 14.6 Å². The number of aliphatic hydroxyl groups excluding tert-OH is 1. The molecule has 0 unspecified atom stereocenters. The number of rotatable bonds is 2. The molecule has 0 radical (unpaired) electrons. The highest BCUT2D eigenvalue weighted by Gasteiger charge is 2.22. The van der Waals surface area contributed by atoms with E-state index in [9.17, 15) is 9.90 Å². The lowest BCUT2D eigenvalue weighted by atomic mass is 10.1. The quantitative estimate of drug-likeness (QED) is 0.904. The van der Waals surface area contributed by atoms with Gasteiger partial charge in [-0.2, -0.15) is 0 Å². The maximum absolute atomic E-state index is 12.5. The van der Waals surface area contributed by atoms with E-state index in [2.05, 4.69) is 26.6 Å². The normalized spacial score (nSPS) is 16.6. The number of hydrogen-bond donors (Lipinski definition) is 1. The first kappa shape index (κ1) is 14.6. The van der Waals surface area contributed by atoms with Crippen LogP contribution in [0.2, 0.25) is 0 Å². The van der Waals surface area contributed by atoms with E-state index < -0.39 is 0 Å². The number of carbonyl (C=O) groups excluding carboxylic acids is 1. The standard InChI is InChI=1S/C16H19BrN2O2/c1-11-16(17)13-4-2-3-5-14(13)19(11)10-15(21)18-8-6-12(20)7-9-18/h2-5,12,20H,6-10H2,1H3. The first-order valence-corrected chi connectivity index (χ1v) is 8.06. The number of fused-ring (bicyclic) bond motifs is 1. The number of para-hydroxylation sites is 1. The summed E-state index contributed by atoms with van der Waals surface area (Å²) in [7, 11) is 0. The van der Waals surface area contributed by atoms with Crippen molar-refractivity contribution >= 4 is 32.7 Å². The van der Waals surface area contributed by atoms with Crippen molar-refractivity contribution in [1.29, 1.82) is 0 Å². The third kappa shape index (κ3) is 2.72. The molecule has 0 atom stereocenters. The van der Waals surface area contributed by atoms with Crippen LogP contribution in [-0.2, 0) is 11.3 Å². The number of piperidine rings is 1. The molecule has 21 heavy (non-hydrogen) atoms. The number of amides is 1. The Morgan fingerprint density at radius 2 is 2.00 bits per heavy atom. The summed E-state index contributed by atoms with van der Waals surface area (Å²) in [4.78, 5) is 14.3. The molecule has 112 valence electrons. The summed E-state index contributed by atoms with van der Waals surface area (Å²) in [5.74, 6) is 0.123. The molecule has 4 nitrogen and oxygen atoms in total. The van der Waals surface area contributed by atoms with Crippen LogP contribution in [0, 0.1) is 6.92 Å². The second-order valence-corrected chi connectivity index (χ2v) is 6.41. The van der Waals surface area contributed by atoms with E-state index >= 15 is 0 Å². The molecule has 1 aromatic heterocycles. The highest BCUT2D eigenvalue weighted by molar-refractivity contribution is 9.10. The highest BCUT2D eigenvalue weighted by atomic mass is 79.9. The van der Waals surface area contributed by atoms with Gasteiger partial charge in [0.05, 0.1) is 6.10 Å². The zero-order chi connectivity index (χ0) is 15.0. The van der Waals surface area contributed by atoms with Crippen LogP contribution < -0.4 is 0 Å². The largest absolute Gasteiger partial charge is 0.393 e. The van der Waals surface area contributed by atoms with Crippen molar-refractivity contribution in [2.45, 2.75) is 32.4 Å². The first-order chi connectivity index (χ1) is 10.1. The summed E-state index contributed by atoms with van der Waals surface area (Å²) >= 11 is 3.62. The fourth-order valence-electron chi connectivity index (χ4n) is 2.94. The Morgan fingerprint density at radius 3 is 2.71 bits per heavy atom. The van der Waals surface area contributed by atoms with E-state index in [-0.39, 0.29) is 12.0 Å². The van der Waals surface area contributed by atoms with Crippen molar-refractivity contribution < 1.29 is 9.90 Å². The van der Waals surface area contributed by atoms with Gasteiger partial charge in [-0.15, -0.1) is 0 Å². The Balaban J connectivity index is 1.85. The van der Waals surface area contributed by atoms with Crippen LogP contribution in [0.5, 0.6) is 0 Å². The van der Waals surface area contributed by atoms with Crippen molar-refractivity contribution in [1.82, 2.24) is 9.47 Å². The van der Waals surface area contributed by atoms with Crippen LogP contribution >= 0.6 is 15.9 Å². The van der Waals surface area contributed by atoms with E-state index in [0.29, 0.717) is 32.5 Å². The van der Waals surface area contributed by atoms with Crippen LogP contribution in [-0.4, -0.2) is 39.7 Å². The summed E-state index contributed by atoms with van der Waals surface area (Å²) in [6.07, 6.45) is 1.11. The van der Waals surface area contributed by atoms with Gasteiger partial charge in [0.1, 0.15) is 6.54 Å². The number of aliphatic hydroxyl groups is 1. The Kier molecular flexibility index (Phi) is 4.04. The number of benzene rings is 1. The predicted molar refractivity (Wildman–Crippen MR) is 86.2 cm³/mol. The molecule has 1 N–H and O–H groups in total. The fourth-order valence-corrected chi connectivity index (χ4v) is 3.49. The summed E-state index contributed by atoms with van der Waals surface area (Å²) in [5, 5.41) is 10.7. The van der Waals surface area contributed by atoms with Gasteiger partial charge in [0.25, 0.3) is 0 Å². The molecule has 1 amide bonds. The molecular weight excluding hydrogens is 332 g/mol. The van der Waals surface area contributed by atoms with E-state index in [1.54, 1.807) is 0 Å². The summed E-state index contributed by atoms with van der Waals surface area (Å²) in [6, 6.07) is 8.10. The molecule has 2 aromatic rings. The molecule has 3 rings (SSSR count). The molecule has 1 aliphatic heterocycles. The lowest BCUT2D eigenvalue weighted by Crippen LogP contribution is -2.41. The van der Waals surface area contributed by atoms with E-state index in [1.165, 1.54) is 0 Å². The van der Waals surface area contributed by atoms with Crippen LogP contribution in [0.1, 0.15) is 18.5 Å². The maximum atomic E-state index is 12.5. The number of likely N-dealkylation sites (tertiary alicyclic amines) is 1. The van der Waals surface area contributed by atoms with Crippen molar-refractivity contribution in [3.8, 4) is 0 Å². The van der Waals surface area contributed by atoms with Crippen LogP contribution in [0.15, 0.2) is 28.7 Å². The monoisotopic (exact) mass is 350 g/mol. The second-order valence-electron chi connectivity index (χ2n) is 5.61. The SMILES string of the molecule is Cc1c(Br)c2ccccc2n1CC(=O)N1CCC(O)CC1. The fraction of sp³-hybridized carbons (Fsp3) is 0.438. The molecule has 1 aliphatic rings. The minimum atomic E-state index is -0.252. The molecule has 1 aromatic carbocycles. The van der Waals surface area contributed by atoms with E-state index in [1.807, 2.05) is 30.0 Å². The predicted octanol–water partition coefficient (Wildman–Crippen LogP) is 2.70. The van der Waals surface area contributed by atoms with Gasteiger partial charge in [-0.05, 0) is 41.8 Å². The minimum absolute atomic E-state index is 0.123. The van der Waals surface area contributed by atoms with E-state index in [0.717, 1.165) is 21.1 Å². The van der Waals surface area contributed by atoms with Gasteiger partial charge in [0, 0.05) is 34.2 Å². The number of nitrogens with zero attached hydrogens (tertiary/aromatic N) is 2. The van der Waals surface area contributed by atoms with Crippen LogP contribution in [0.25, 0.3) is 10.9 Å². The molecule has 0 spiro atoms. The van der Waals surface area contributed by atoms with Gasteiger partial charge in [0.2, 0.25) is 5.91 Å². The Morgan fingerprint density at radius 1 is 1.33 bits per heavy atom. The molecule has 1 fully saturated rings. The third-order valence-electron chi connectivity index (χ3n) is 4.26. The average Bonchev–Trinajstić information content (AvgIpc) is 2.73. The number of carbonyl (C=O) groups is 1. The van der Waals surface area contributed by atoms with Crippen molar-refractivity contribution in [3.63, 3.8) is 0 Å². The Hall–Kier alpha value is -1.33. The van der Waals surface area contributed by atoms with Crippen LogP contribution in [0.4, 0.5) is 0 Å². The molecule has 5 heteroatoms. The molecular formula is C16H19BrN2O2. The minimum Gasteiger partial charge on any atom is -0.393 e. The summed E-state index contributed by atoms with van der Waals surface area (Å²) in [5.41, 5.74) is 2.15. The Bertz CT molecular complexity index is 672. The van der Waals surface area contributed by atoms with Gasteiger partial charge in [-0.25, -0.2) is 0 Å². The second kappa shape index (κ2) is 5.81. The lowest BCUT2D eigenvalue weighted by Gasteiger charge is -2.30. The Labute approximate surface area is 132 Å². The molecule has 0 saturated carbocycles. The third-order valence-corrected chi connectivity index (χ3v) is 5.27. The smallest absolute Gasteiger partial charge is 0.242 e. The average molecular weight is 351 g/mol. The first-order valence-electron chi connectivity index (χ1n) is 7.27. The van der Waals surface area contributed by atoms with Gasteiger partial charge in [-0.1, -0.05) is 18.2 Å². The van der Waals surface area contributed by atoms with Crippen molar-refractivity contribution in [3.05, 3.63) is 34.4 Å². The highest BCUT2D eigenvalue weighted by Crippen LogP contribution is 2.30. The van der Waals surface area contributed by atoms with Gasteiger partial charge in [0.15, 0.2) is 0 Å². The summed E-state index contributed by atoms with van der Waals surface area (Å²) in [6.45, 7) is 3.68. The zero-order valence-corrected chi connectivity index (χ0v) is 13.6. The molecule has 2 heterocycles. The number of aromatic nitrogens is 1. The maximum Gasteiger partial charge on any atom is 0.242 e. The summed E-state index contributed by atoms with van der Waals surface area (Å²) < 4.78 is 3.12. The van der Waals surface area contributed by atoms with Crippen molar-refractivity contribution in [2.75, 3.05) is 13.1 Å². The van der Waals surface area contributed by atoms with Crippen molar-refractivity contribution in [2.24, 2.45) is 0 Å². The number of hydrogen-bond acceptors (Lipinski definition) is 2.